The number of hydrogen-bond donors (Lipinski definition) is 1. The Labute approximate surface area is 177 Å². The lowest BCUT2D eigenvalue weighted by Gasteiger charge is -2.02. The van der Waals surface area contributed by atoms with Gasteiger partial charge in [-0.3, -0.25) is 4.79 Å². The van der Waals surface area contributed by atoms with Crippen LogP contribution >= 0.6 is 22.7 Å². The maximum absolute atomic E-state index is 12.4. The second-order valence-corrected chi connectivity index (χ2v) is 8.44. The molecule has 1 aromatic carbocycles. The normalized spacial score (nSPS) is 10.9. The molecular formula is C21H21N5OS2. The highest BCUT2D eigenvalue weighted by atomic mass is 32.1. The molecule has 3 heterocycles. The second kappa shape index (κ2) is 9.11. The summed E-state index contributed by atoms with van der Waals surface area (Å²) in [4.78, 5) is 21.3. The number of aryl methyl sites for hydroxylation is 2. The standard InChI is InChI=1S/C21H21N5OS2/c1-15-13-28-19(24-15)9-5-6-10-22-20(27)18-14-29-21(25-18)16-11-23-26(12-16)17-7-3-2-4-8-17/h2-4,7-8,11-14H,5-6,9-10H2,1H3,(H,22,27). The summed E-state index contributed by atoms with van der Waals surface area (Å²) in [5.41, 5.74) is 3.41. The molecule has 0 saturated carbocycles. The topological polar surface area (TPSA) is 72.7 Å². The van der Waals surface area contributed by atoms with Gasteiger partial charge in [0, 0.05) is 34.8 Å². The molecule has 4 aromatic rings. The highest BCUT2D eigenvalue weighted by Crippen LogP contribution is 2.24. The lowest BCUT2D eigenvalue weighted by molar-refractivity contribution is 0.0949. The van der Waals surface area contributed by atoms with E-state index in [9.17, 15) is 4.79 Å². The van der Waals surface area contributed by atoms with Crippen LogP contribution in [0.1, 0.15) is 34.0 Å². The molecule has 0 fully saturated rings. The Morgan fingerprint density at radius 2 is 1.97 bits per heavy atom. The molecule has 0 unspecified atom stereocenters. The quantitative estimate of drug-likeness (QED) is 0.423. The molecule has 8 heteroatoms. The van der Waals surface area contributed by atoms with Crippen LogP contribution in [0.2, 0.25) is 0 Å². The number of para-hydroxylation sites is 1. The third-order valence-corrected chi connectivity index (χ3v) is 6.27. The summed E-state index contributed by atoms with van der Waals surface area (Å²) in [5.74, 6) is -0.131. The molecule has 0 atom stereocenters. The van der Waals surface area contributed by atoms with Gasteiger partial charge in [0.25, 0.3) is 5.91 Å². The van der Waals surface area contributed by atoms with E-state index in [1.807, 2.05) is 43.5 Å². The minimum absolute atomic E-state index is 0.131. The lowest BCUT2D eigenvalue weighted by atomic mass is 10.2. The van der Waals surface area contributed by atoms with E-state index < -0.39 is 0 Å². The first-order valence-corrected chi connectivity index (χ1v) is 11.2. The monoisotopic (exact) mass is 423 g/mol. The van der Waals surface area contributed by atoms with Crippen LogP contribution in [0.25, 0.3) is 16.3 Å². The predicted molar refractivity (Wildman–Crippen MR) is 117 cm³/mol. The number of thiazole rings is 2. The average Bonchev–Trinajstić information content (AvgIpc) is 3.49. The van der Waals surface area contributed by atoms with Crippen LogP contribution in [-0.4, -0.2) is 32.2 Å². The van der Waals surface area contributed by atoms with E-state index >= 15 is 0 Å². The third kappa shape index (κ3) is 4.96. The third-order valence-electron chi connectivity index (χ3n) is 4.36. The lowest BCUT2D eigenvalue weighted by Crippen LogP contribution is -2.24. The van der Waals surface area contributed by atoms with Gasteiger partial charge in [-0.1, -0.05) is 18.2 Å². The molecule has 0 aliphatic rings. The van der Waals surface area contributed by atoms with E-state index in [1.165, 1.54) is 11.3 Å². The number of rotatable bonds is 8. The summed E-state index contributed by atoms with van der Waals surface area (Å²) in [6, 6.07) is 9.90. The van der Waals surface area contributed by atoms with Crippen LogP contribution < -0.4 is 5.32 Å². The highest BCUT2D eigenvalue weighted by Gasteiger charge is 2.13. The summed E-state index contributed by atoms with van der Waals surface area (Å²) in [6.07, 6.45) is 6.59. The van der Waals surface area contributed by atoms with Crippen molar-refractivity contribution in [3.05, 3.63) is 69.9 Å². The molecule has 148 valence electrons. The average molecular weight is 424 g/mol. The number of carbonyl (C=O) groups excluding carboxylic acids is 1. The first kappa shape index (κ1) is 19.5. The number of aromatic nitrogens is 4. The fourth-order valence-corrected chi connectivity index (χ4v) is 4.47. The van der Waals surface area contributed by atoms with Gasteiger partial charge < -0.3 is 5.32 Å². The van der Waals surface area contributed by atoms with Crippen molar-refractivity contribution in [1.82, 2.24) is 25.1 Å². The second-order valence-electron chi connectivity index (χ2n) is 6.64. The maximum Gasteiger partial charge on any atom is 0.270 e. The van der Waals surface area contributed by atoms with Crippen molar-refractivity contribution < 1.29 is 4.79 Å². The number of nitrogens with zero attached hydrogens (tertiary/aromatic N) is 4. The van der Waals surface area contributed by atoms with E-state index in [2.05, 4.69) is 25.8 Å². The molecule has 6 nitrogen and oxygen atoms in total. The number of nitrogens with one attached hydrogen (secondary N) is 1. The minimum atomic E-state index is -0.131. The van der Waals surface area contributed by atoms with Gasteiger partial charge in [-0.05, 0) is 38.3 Å². The van der Waals surface area contributed by atoms with Crippen LogP contribution in [0.5, 0.6) is 0 Å². The molecule has 0 aliphatic carbocycles. The van der Waals surface area contributed by atoms with Gasteiger partial charge in [0.1, 0.15) is 10.7 Å². The molecule has 1 N–H and O–H groups in total. The van der Waals surface area contributed by atoms with Gasteiger partial charge >= 0.3 is 0 Å². The maximum atomic E-state index is 12.4. The Balaban J connectivity index is 1.28. The van der Waals surface area contributed by atoms with Crippen molar-refractivity contribution >= 4 is 28.6 Å². The van der Waals surface area contributed by atoms with Crippen LogP contribution in [-0.2, 0) is 6.42 Å². The summed E-state index contributed by atoms with van der Waals surface area (Å²) in [6.45, 7) is 2.65. The molecule has 4 rings (SSSR count). The summed E-state index contributed by atoms with van der Waals surface area (Å²) < 4.78 is 1.81. The Hall–Kier alpha value is -2.84. The molecule has 3 aromatic heterocycles. The van der Waals surface area contributed by atoms with Crippen LogP contribution in [0.3, 0.4) is 0 Å². The van der Waals surface area contributed by atoms with Gasteiger partial charge in [0.15, 0.2) is 0 Å². The van der Waals surface area contributed by atoms with Crippen molar-refractivity contribution in [1.29, 1.82) is 0 Å². The number of hydrogen-bond acceptors (Lipinski definition) is 6. The minimum Gasteiger partial charge on any atom is -0.351 e. The van der Waals surface area contributed by atoms with Gasteiger partial charge in [-0.15, -0.1) is 22.7 Å². The summed E-state index contributed by atoms with van der Waals surface area (Å²) in [5, 5.41) is 13.2. The summed E-state index contributed by atoms with van der Waals surface area (Å²) >= 11 is 3.15. The van der Waals surface area contributed by atoms with Crippen molar-refractivity contribution in [3.8, 4) is 16.3 Å². The fourth-order valence-electron chi connectivity index (χ4n) is 2.88. The Kier molecular flexibility index (Phi) is 6.12. The molecule has 0 aliphatic heterocycles. The molecule has 29 heavy (non-hydrogen) atoms. The van der Waals surface area contributed by atoms with Crippen LogP contribution in [0, 0.1) is 6.92 Å². The van der Waals surface area contributed by atoms with E-state index in [0.29, 0.717) is 12.2 Å². The first-order chi connectivity index (χ1) is 14.2. The molecule has 1 amide bonds. The zero-order chi connectivity index (χ0) is 20.1. The molecular weight excluding hydrogens is 402 g/mol. The smallest absolute Gasteiger partial charge is 0.270 e. The summed E-state index contributed by atoms with van der Waals surface area (Å²) in [7, 11) is 0. The van der Waals surface area contributed by atoms with E-state index in [0.717, 1.165) is 46.2 Å². The van der Waals surface area contributed by atoms with Gasteiger partial charge in [0.05, 0.1) is 16.9 Å². The predicted octanol–water partition coefficient (Wildman–Crippen LogP) is 4.51. The van der Waals surface area contributed by atoms with E-state index in [4.69, 9.17) is 0 Å². The fraction of sp³-hybridized carbons (Fsp3) is 0.238. The number of benzene rings is 1. The SMILES string of the molecule is Cc1csc(CCCCNC(=O)c2csc(-c3cnn(-c4ccccc4)c3)n2)n1. The van der Waals surface area contributed by atoms with Crippen molar-refractivity contribution in [2.75, 3.05) is 6.54 Å². The highest BCUT2D eigenvalue weighted by molar-refractivity contribution is 7.13. The Morgan fingerprint density at radius 1 is 1.10 bits per heavy atom. The Bertz CT molecular complexity index is 1080. The van der Waals surface area contributed by atoms with Crippen molar-refractivity contribution in [3.63, 3.8) is 0 Å². The largest absolute Gasteiger partial charge is 0.351 e. The number of carbonyl (C=O) groups is 1. The molecule has 0 spiro atoms. The van der Waals surface area contributed by atoms with Crippen molar-refractivity contribution in [2.24, 2.45) is 0 Å². The number of unbranched alkanes of at least 4 members (excludes halogenated alkanes) is 1. The molecule has 0 saturated heterocycles. The zero-order valence-corrected chi connectivity index (χ0v) is 17.7. The van der Waals surface area contributed by atoms with E-state index in [1.54, 1.807) is 27.6 Å². The molecule has 0 bridgehead atoms. The van der Waals surface area contributed by atoms with Crippen molar-refractivity contribution in [2.45, 2.75) is 26.2 Å². The zero-order valence-electron chi connectivity index (χ0n) is 16.0. The van der Waals surface area contributed by atoms with Gasteiger partial charge in [-0.2, -0.15) is 5.10 Å². The molecule has 0 radical (unpaired) electrons. The van der Waals surface area contributed by atoms with Crippen LogP contribution in [0.4, 0.5) is 0 Å². The van der Waals surface area contributed by atoms with Gasteiger partial charge in [-0.25, -0.2) is 14.6 Å². The van der Waals surface area contributed by atoms with E-state index in [-0.39, 0.29) is 5.91 Å². The number of amides is 1. The Morgan fingerprint density at radius 3 is 2.76 bits per heavy atom. The van der Waals surface area contributed by atoms with Gasteiger partial charge in [0.2, 0.25) is 0 Å². The van der Waals surface area contributed by atoms with Crippen LogP contribution in [0.15, 0.2) is 53.5 Å². The first-order valence-electron chi connectivity index (χ1n) is 9.44.